The van der Waals surface area contributed by atoms with Crippen LogP contribution in [0.5, 0.6) is 28.7 Å². The zero-order valence-corrected chi connectivity index (χ0v) is 18.0. The van der Waals surface area contributed by atoms with Crippen molar-refractivity contribution in [1.29, 1.82) is 0 Å². The van der Waals surface area contributed by atoms with Crippen LogP contribution in [0.2, 0.25) is 0 Å². The van der Waals surface area contributed by atoms with Crippen molar-refractivity contribution < 1.29 is 28.4 Å². The van der Waals surface area contributed by atoms with E-state index in [0.717, 1.165) is 11.1 Å². The highest BCUT2D eigenvalue weighted by atomic mass is 16.6. The van der Waals surface area contributed by atoms with E-state index < -0.39 is 0 Å². The van der Waals surface area contributed by atoms with Gasteiger partial charge in [0, 0.05) is 7.11 Å². The van der Waals surface area contributed by atoms with Crippen molar-refractivity contribution in [3.63, 3.8) is 0 Å². The molecular formula is C23H30O6. The normalized spacial score (nSPS) is 12.6. The minimum absolute atomic E-state index is 0.342. The fraction of sp³-hybridized carbons (Fsp3) is 0.391. The zero-order chi connectivity index (χ0) is 21.4. The molecule has 0 amide bonds. The van der Waals surface area contributed by atoms with Gasteiger partial charge in [-0.3, -0.25) is 0 Å². The van der Waals surface area contributed by atoms with Crippen molar-refractivity contribution >= 4 is 0 Å². The van der Waals surface area contributed by atoms with Crippen LogP contribution >= 0.6 is 0 Å². The third-order valence-electron chi connectivity index (χ3n) is 4.62. The molecule has 0 aliphatic carbocycles. The Kier molecular flexibility index (Phi) is 8.21. The largest absolute Gasteiger partial charge is 0.493 e. The van der Waals surface area contributed by atoms with Gasteiger partial charge in [-0.1, -0.05) is 12.1 Å². The van der Waals surface area contributed by atoms with Crippen molar-refractivity contribution in [2.24, 2.45) is 0 Å². The van der Waals surface area contributed by atoms with Crippen molar-refractivity contribution in [3.8, 4) is 28.7 Å². The van der Waals surface area contributed by atoms with E-state index in [4.69, 9.17) is 28.4 Å². The van der Waals surface area contributed by atoms with E-state index in [1.54, 1.807) is 35.5 Å². The molecule has 0 bridgehead atoms. The van der Waals surface area contributed by atoms with Gasteiger partial charge < -0.3 is 28.4 Å². The van der Waals surface area contributed by atoms with Crippen molar-refractivity contribution in [1.82, 2.24) is 0 Å². The smallest absolute Gasteiger partial charge is 0.203 e. The van der Waals surface area contributed by atoms with E-state index in [1.165, 1.54) is 0 Å². The molecule has 0 saturated heterocycles. The number of rotatable bonds is 11. The van der Waals surface area contributed by atoms with Gasteiger partial charge in [0.15, 0.2) is 23.0 Å². The van der Waals surface area contributed by atoms with Gasteiger partial charge in [0.05, 0.1) is 28.4 Å². The molecule has 0 saturated carbocycles. The minimum atomic E-state index is -0.350. The number of allylic oxidation sites excluding steroid dienone is 1. The van der Waals surface area contributed by atoms with Crippen LogP contribution in [0.3, 0.4) is 0 Å². The lowest BCUT2D eigenvalue weighted by atomic mass is 10.0. The van der Waals surface area contributed by atoms with E-state index >= 15 is 0 Å². The molecule has 6 nitrogen and oxygen atoms in total. The molecular weight excluding hydrogens is 372 g/mol. The van der Waals surface area contributed by atoms with Crippen LogP contribution in [0, 0.1) is 0 Å². The van der Waals surface area contributed by atoms with Crippen LogP contribution < -0.4 is 23.7 Å². The van der Waals surface area contributed by atoms with Gasteiger partial charge in [-0.15, -0.1) is 6.58 Å². The molecule has 29 heavy (non-hydrogen) atoms. The van der Waals surface area contributed by atoms with Crippen LogP contribution in [0.15, 0.2) is 43.0 Å². The number of hydrogen-bond donors (Lipinski definition) is 0. The Morgan fingerprint density at radius 2 is 1.41 bits per heavy atom. The predicted molar refractivity (Wildman–Crippen MR) is 113 cm³/mol. The molecule has 2 aromatic carbocycles. The van der Waals surface area contributed by atoms with Gasteiger partial charge >= 0.3 is 0 Å². The Balaban J connectivity index is 2.36. The average Bonchev–Trinajstić information content (AvgIpc) is 2.74. The maximum absolute atomic E-state index is 6.26. The lowest BCUT2D eigenvalue weighted by Crippen LogP contribution is -2.24. The van der Waals surface area contributed by atoms with Crippen LogP contribution in [0.25, 0.3) is 0 Å². The molecule has 2 atom stereocenters. The third kappa shape index (κ3) is 5.15. The highest BCUT2D eigenvalue weighted by Crippen LogP contribution is 2.41. The number of methoxy groups -OCH3 is 5. The standard InChI is InChI=1S/C23H30O6/c1-8-9-16-12-20(26-5)23(21(13-16)27-6)29-15(2)22(28-7)17-10-11-18(24-3)19(14-17)25-4/h8,10-15,22H,1,9H2,2-7H3/t15-,22+/m1/s1. The molecule has 0 aliphatic heterocycles. The van der Waals surface area contributed by atoms with Gasteiger partial charge in [0.25, 0.3) is 0 Å². The first-order valence-corrected chi connectivity index (χ1v) is 9.30. The first kappa shape index (κ1) is 22.4. The molecule has 2 aromatic rings. The number of ether oxygens (including phenoxy) is 6. The molecule has 0 unspecified atom stereocenters. The minimum Gasteiger partial charge on any atom is -0.493 e. The Labute approximate surface area is 172 Å². The van der Waals surface area contributed by atoms with E-state index in [2.05, 4.69) is 6.58 Å². The van der Waals surface area contributed by atoms with Gasteiger partial charge in [0.1, 0.15) is 12.2 Å². The average molecular weight is 402 g/mol. The van der Waals surface area contributed by atoms with E-state index in [9.17, 15) is 0 Å². The summed E-state index contributed by atoms with van der Waals surface area (Å²) < 4.78 is 33.8. The first-order chi connectivity index (χ1) is 14.0. The summed E-state index contributed by atoms with van der Waals surface area (Å²) in [4.78, 5) is 0. The highest BCUT2D eigenvalue weighted by Gasteiger charge is 2.25. The van der Waals surface area contributed by atoms with Crippen molar-refractivity contribution in [2.45, 2.75) is 25.6 Å². The second kappa shape index (κ2) is 10.6. The molecule has 0 aromatic heterocycles. The second-order valence-electron chi connectivity index (χ2n) is 6.42. The fourth-order valence-electron chi connectivity index (χ4n) is 3.21. The monoisotopic (exact) mass is 402 g/mol. The summed E-state index contributed by atoms with van der Waals surface area (Å²) in [5.41, 5.74) is 1.93. The molecule has 2 rings (SSSR count). The van der Waals surface area contributed by atoms with Gasteiger partial charge in [-0.05, 0) is 48.7 Å². The van der Waals surface area contributed by atoms with Crippen molar-refractivity contribution in [2.75, 3.05) is 35.5 Å². The molecule has 0 heterocycles. The molecule has 0 N–H and O–H groups in total. The van der Waals surface area contributed by atoms with E-state index in [1.807, 2.05) is 43.3 Å². The Hall–Kier alpha value is -2.86. The zero-order valence-electron chi connectivity index (χ0n) is 18.0. The lowest BCUT2D eigenvalue weighted by molar-refractivity contribution is 0.00727. The Bertz CT molecular complexity index is 792. The number of benzene rings is 2. The summed E-state index contributed by atoms with van der Waals surface area (Å²) in [7, 11) is 8.05. The van der Waals surface area contributed by atoms with Gasteiger partial charge in [-0.2, -0.15) is 0 Å². The summed E-state index contributed by atoms with van der Waals surface area (Å²) in [6.45, 7) is 5.72. The summed E-state index contributed by atoms with van der Waals surface area (Å²) in [5, 5.41) is 0. The van der Waals surface area contributed by atoms with E-state index in [0.29, 0.717) is 35.2 Å². The van der Waals surface area contributed by atoms with Crippen LogP contribution in [0.4, 0.5) is 0 Å². The molecule has 6 heteroatoms. The quantitative estimate of drug-likeness (QED) is 0.512. The predicted octanol–water partition coefficient (Wildman–Crippen LogP) is 4.60. The molecule has 0 fully saturated rings. The fourth-order valence-corrected chi connectivity index (χ4v) is 3.21. The SMILES string of the molecule is C=CCc1cc(OC)c(O[C@H](C)[C@H](OC)c2ccc(OC)c(OC)c2)c(OC)c1. The summed E-state index contributed by atoms with van der Waals surface area (Å²) >= 11 is 0. The summed E-state index contributed by atoms with van der Waals surface area (Å²) in [6, 6.07) is 9.50. The second-order valence-corrected chi connectivity index (χ2v) is 6.42. The maximum atomic E-state index is 6.26. The first-order valence-electron chi connectivity index (χ1n) is 9.30. The Morgan fingerprint density at radius 3 is 1.90 bits per heavy atom. The maximum Gasteiger partial charge on any atom is 0.203 e. The third-order valence-corrected chi connectivity index (χ3v) is 4.62. The van der Waals surface area contributed by atoms with Gasteiger partial charge in [0.2, 0.25) is 5.75 Å². The highest BCUT2D eigenvalue weighted by molar-refractivity contribution is 5.54. The molecule has 158 valence electrons. The van der Waals surface area contributed by atoms with Crippen LogP contribution in [-0.2, 0) is 11.2 Å². The number of hydrogen-bond acceptors (Lipinski definition) is 6. The lowest BCUT2D eigenvalue weighted by Gasteiger charge is -2.26. The van der Waals surface area contributed by atoms with Gasteiger partial charge in [-0.25, -0.2) is 0 Å². The molecule has 0 aliphatic rings. The molecule has 0 radical (unpaired) electrons. The molecule has 0 spiro atoms. The van der Waals surface area contributed by atoms with Crippen LogP contribution in [0.1, 0.15) is 24.2 Å². The van der Waals surface area contributed by atoms with Crippen molar-refractivity contribution in [3.05, 3.63) is 54.1 Å². The van der Waals surface area contributed by atoms with Crippen LogP contribution in [-0.4, -0.2) is 41.7 Å². The topological polar surface area (TPSA) is 55.4 Å². The Morgan fingerprint density at radius 1 is 0.828 bits per heavy atom. The summed E-state index contributed by atoms with van der Waals surface area (Å²) in [6.07, 6.45) is 1.84. The van der Waals surface area contributed by atoms with E-state index in [-0.39, 0.29) is 12.2 Å². The summed E-state index contributed by atoms with van der Waals surface area (Å²) in [5.74, 6) is 2.99.